The Morgan fingerprint density at radius 3 is 1.36 bits per heavy atom. The lowest BCUT2D eigenvalue weighted by molar-refractivity contribution is 0.0359. The van der Waals surface area contributed by atoms with Crippen molar-refractivity contribution in [1.29, 1.82) is 0 Å². The number of para-hydroxylation sites is 1. The number of nitrogens with two attached hydrogens (primary N) is 2. The highest BCUT2D eigenvalue weighted by Crippen LogP contribution is 2.28. The van der Waals surface area contributed by atoms with Gasteiger partial charge in [0, 0.05) is 129 Å². The number of pyridine rings is 6. The van der Waals surface area contributed by atoms with E-state index in [2.05, 4.69) is 97.6 Å². The first-order valence-electron chi connectivity index (χ1n) is 30.5. The summed E-state index contributed by atoms with van der Waals surface area (Å²) >= 11 is 6.02. The van der Waals surface area contributed by atoms with Crippen LogP contribution in [0.5, 0.6) is 5.75 Å². The van der Waals surface area contributed by atoms with Crippen LogP contribution in [0.15, 0.2) is 141 Å². The zero-order chi connectivity index (χ0) is 64.4. The van der Waals surface area contributed by atoms with Gasteiger partial charge >= 0.3 is 12.1 Å². The highest BCUT2D eigenvalue weighted by atomic mass is 32.1. The smallest absolute Gasteiger partial charge is 0.410 e. The number of rotatable bonds is 19. The standard InChI is InChI=1S/C24H24N6O3.C20H24N8O2S.C19H21N9OS/c31-24(33-20-4-2-1-3-5-20)28-23-7-6-21-22(27-23)14-18(15-25-21)19-16-26-30(17-19)9-8-29-10-12-32-13-11-29;21-18(31)12-23-20(29)26-19-2-1-16-17(25-19)9-14(10-22-16)15-11-24-28(13-15)4-3-27-5-7-30-8-6-27;20-18-25-26-19(30-18)24-17-2-1-15-16(23-17)9-13(10-21-15)14-11-22-28(12-14)4-3-27-5-7-29-8-6-27/h1-7,14-17H,8-13H2,(H,27,28,31);1-2,9-11,13H,3-8,12H2,(H2,21,31)(H2,23,25,26,29);1-2,9-12H,3-8H2,(H2,20,25)(H,23,24,26). The Morgan fingerprint density at radius 2 is 0.936 bits per heavy atom. The zero-order valence-electron chi connectivity index (χ0n) is 51.2. The van der Waals surface area contributed by atoms with Crippen LogP contribution in [0.2, 0.25) is 0 Å². The van der Waals surface area contributed by atoms with Gasteiger partial charge in [0.15, 0.2) is 0 Å². The first-order chi connectivity index (χ1) is 46.0. The minimum atomic E-state index is -0.598. The number of nitrogens with one attached hydrogen (secondary N) is 4. The number of benzene rings is 1. The third-order valence-corrected chi connectivity index (χ3v) is 16.1. The molecule has 484 valence electrons. The predicted molar refractivity (Wildman–Crippen MR) is 362 cm³/mol. The van der Waals surface area contributed by atoms with Gasteiger partial charge in [-0.1, -0.05) is 41.8 Å². The van der Waals surface area contributed by atoms with Gasteiger partial charge in [0.25, 0.3) is 0 Å². The summed E-state index contributed by atoms with van der Waals surface area (Å²) in [7, 11) is 0. The number of amides is 3. The Morgan fingerprint density at radius 1 is 0.511 bits per heavy atom. The van der Waals surface area contributed by atoms with Gasteiger partial charge in [-0.05, 0) is 66.7 Å². The van der Waals surface area contributed by atoms with E-state index in [-0.39, 0.29) is 11.5 Å². The van der Waals surface area contributed by atoms with Crippen LogP contribution in [0, 0.1) is 0 Å². The number of hydrogen-bond acceptors (Lipinski definition) is 24. The second-order valence-corrected chi connectivity index (χ2v) is 23.4. The molecule has 94 heavy (non-hydrogen) atoms. The fourth-order valence-electron chi connectivity index (χ4n) is 10.3. The van der Waals surface area contributed by atoms with Crippen molar-refractivity contribution in [3.63, 3.8) is 0 Å². The summed E-state index contributed by atoms with van der Waals surface area (Å²) in [5.41, 5.74) is 21.2. The number of ether oxygens (including phenoxy) is 4. The van der Waals surface area contributed by atoms with Crippen LogP contribution >= 0.6 is 23.6 Å². The van der Waals surface area contributed by atoms with E-state index in [1.807, 2.05) is 99.9 Å². The van der Waals surface area contributed by atoms with Gasteiger partial charge in [-0.25, -0.2) is 24.5 Å². The fourth-order valence-corrected chi connectivity index (χ4v) is 10.9. The molecule has 11 aromatic rings. The molecular formula is C63H69N23O6S2. The van der Waals surface area contributed by atoms with Crippen LogP contribution in [0.25, 0.3) is 66.5 Å². The van der Waals surface area contributed by atoms with Crippen LogP contribution in [0.1, 0.15) is 0 Å². The molecule has 0 spiro atoms. The van der Waals surface area contributed by atoms with Crippen LogP contribution in [0.4, 0.5) is 37.3 Å². The lowest BCUT2D eigenvalue weighted by Crippen LogP contribution is -2.38. The molecule has 3 amide bonds. The van der Waals surface area contributed by atoms with Crippen molar-refractivity contribution in [1.82, 2.24) is 89.5 Å². The third-order valence-electron chi connectivity index (χ3n) is 15.3. The Bertz CT molecular complexity index is 4340. The van der Waals surface area contributed by atoms with E-state index < -0.39 is 12.1 Å². The molecule has 1 aromatic carbocycles. The summed E-state index contributed by atoms with van der Waals surface area (Å²) in [5, 5.41) is 33.3. The number of morpholine rings is 3. The Hall–Kier alpha value is -10.1. The lowest BCUT2D eigenvalue weighted by atomic mass is 10.1. The van der Waals surface area contributed by atoms with E-state index in [9.17, 15) is 9.59 Å². The van der Waals surface area contributed by atoms with Crippen LogP contribution < -0.4 is 37.5 Å². The van der Waals surface area contributed by atoms with E-state index in [1.165, 1.54) is 11.3 Å². The van der Waals surface area contributed by atoms with Gasteiger partial charge < -0.3 is 41.0 Å². The van der Waals surface area contributed by atoms with E-state index in [1.54, 1.807) is 48.7 Å². The van der Waals surface area contributed by atoms with Crippen molar-refractivity contribution in [2.75, 3.05) is 127 Å². The maximum atomic E-state index is 12.2. The molecule has 3 aliphatic rings. The maximum absolute atomic E-state index is 12.2. The number of nitrogen functional groups attached to an aromatic ring is 1. The Kier molecular flexibility index (Phi) is 21.4. The van der Waals surface area contributed by atoms with Gasteiger partial charge in [-0.15, -0.1) is 10.2 Å². The summed E-state index contributed by atoms with van der Waals surface area (Å²) in [6, 6.07) is 25.1. The average molecular weight is 1310 g/mol. The van der Waals surface area contributed by atoms with Gasteiger partial charge in [0.05, 0.1) is 122 Å². The molecule has 14 rings (SSSR count). The lowest BCUT2D eigenvalue weighted by Gasteiger charge is -2.26. The molecule has 29 nitrogen and oxygen atoms in total. The molecule has 3 aliphatic heterocycles. The summed E-state index contributed by atoms with van der Waals surface area (Å²) in [5.74, 6) is 1.93. The second kappa shape index (κ2) is 31.5. The van der Waals surface area contributed by atoms with Gasteiger partial charge in [0.1, 0.15) is 23.2 Å². The number of hydrogen-bond donors (Lipinski definition) is 6. The van der Waals surface area contributed by atoms with E-state index in [0.717, 1.165) is 174 Å². The second-order valence-electron chi connectivity index (χ2n) is 21.9. The summed E-state index contributed by atoms with van der Waals surface area (Å²) < 4.78 is 27.3. The molecule has 10 aromatic heterocycles. The van der Waals surface area contributed by atoms with Crippen molar-refractivity contribution < 1.29 is 28.5 Å². The number of urea groups is 1. The van der Waals surface area contributed by atoms with E-state index in [4.69, 9.17) is 42.6 Å². The van der Waals surface area contributed by atoms with E-state index >= 15 is 0 Å². The Balaban J connectivity index is 0.000000135. The first-order valence-corrected chi connectivity index (χ1v) is 31.8. The highest BCUT2D eigenvalue weighted by molar-refractivity contribution is 7.80. The maximum Gasteiger partial charge on any atom is 0.418 e. The molecule has 0 bridgehead atoms. The molecule has 3 saturated heterocycles. The average Bonchev–Trinajstić information content (AvgIpc) is 1.40. The summed E-state index contributed by atoms with van der Waals surface area (Å²) in [4.78, 5) is 58.6. The Labute approximate surface area is 548 Å². The molecular weight excluding hydrogens is 1240 g/mol. The van der Waals surface area contributed by atoms with E-state index in [0.29, 0.717) is 44.5 Å². The van der Waals surface area contributed by atoms with Crippen LogP contribution in [-0.4, -0.2) is 206 Å². The number of anilines is 5. The van der Waals surface area contributed by atoms with Crippen LogP contribution in [0.3, 0.4) is 0 Å². The fraction of sp³-hybridized carbons (Fsp3) is 0.302. The molecule has 0 saturated carbocycles. The molecule has 31 heteroatoms. The first kappa shape index (κ1) is 64.0. The number of fused-ring (bicyclic) bond motifs is 3. The van der Waals surface area contributed by atoms with Crippen molar-refractivity contribution in [3.8, 4) is 39.1 Å². The quantitative estimate of drug-likeness (QED) is 0.0460. The highest BCUT2D eigenvalue weighted by Gasteiger charge is 2.17. The third kappa shape index (κ3) is 18.1. The monoisotopic (exact) mass is 1310 g/mol. The van der Waals surface area contributed by atoms with Crippen molar-refractivity contribution in [2.45, 2.75) is 19.6 Å². The largest absolute Gasteiger partial charge is 0.418 e. The molecule has 0 aliphatic carbocycles. The number of carbonyl (C=O) groups excluding carboxylic acids is 2. The number of aromatic nitrogens is 14. The van der Waals surface area contributed by atoms with Gasteiger partial charge in [0.2, 0.25) is 10.3 Å². The normalized spacial score (nSPS) is 14.6. The summed E-state index contributed by atoms with van der Waals surface area (Å²) in [6.07, 6.45) is 16.5. The van der Waals surface area contributed by atoms with Crippen LogP contribution in [-0.2, 0) is 33.8 Å². The minimum absolute atomic E-state index is 0.121. The summed E-state index contributed by atoms with van der Waals surface area (Å²) in [6.45, 7) is 16.0. The molecule has 0 unspecified atom stereocenters. The van der Waals surface area contributed by atoms with Gasteiger partial charge in [-0.3, -0.25) is 54.3 Å². The van der Waals surface area contributed by atoms with Crippen molar-refractivity contribution in [2.24, 2.45) is 5.73 Å². The molecule has 0 radical (unpaired) electrons. The minimum Gasteiger partial charge on any atom is -0.410 e. The van der Waals surface area contributed by atoms with Crippen molar-refractivity contribution in [3.05, 3.63) is 141 Å². The predicted octanol–water partition coefficient (Wildman–Crippen LogP) is 6.67. The zero-order valence-corrected chi connectivity index (χ0v) is 52.9. The number of carbonyl (C=O) groups is 2. The molecule has 8 N–H and O–H groups in total. The van der Waals surface area contributed by atoms with Crippen molar-refractivity contribution >= 4 is 101 Å². The number of thiocarbonyl (C=S) groups is 1. The SMILES string of the molecule is NC(=S)CNC(=O)Nc1ccc2ncc(-c3cnn(CCN4CCOCC4)c3)cc2n1.Nc1nnc(Nc2ccc3ncc(-c4cnn(CCN5CCOCC5)c4)cc3n2)s1.O=C(Nc1ccc2ncc(-c3cnn(CCN4CCOCC4)c3)cc2n1)Oc1ccccc1. The number of nitrogens with zero attached hydrogens (tertiary/aromatic N) is 17. The molecule has 3 fully saturated rings. The van der Waals surface area contributed by atoms with Gasteiger partial charge in [-0.2, -0.15) is 15.3 Å². The topological polar surface area (TPSA) is 338 Å². The molecule has 13 heterocycles. The molecule has 0 atom stereocenters.